The number of carbonyl (C=O) groups is 3. The molecule has 0 radical (unpaired) electrons. The molecule has 2 N–H and O–H groups in total. The van der Waals surface area contributed by atoms with Gasteiger partial charge in [-0.3, -0.25) is 24.2 Å². The van der Waals surface area contributed by atoms with E-state index in [4.69, 9.17) is 0 Å². The summed E-state index contributed by atoms with van der Waals surface area (Å²) in [5.41, 5.74) is 0.552. The lowest BCUT2D eigenvalue weighted by atomic mass is 10.2. The highest BCUT2D eigenvalue weighted by Gasteiger charge is 2.40. The third kappa shape index (κ3) is 5.94. The van der Waals surface area contributed by atoms with E-state index in [0.29, 0.717) is 12.1 Å². The van der Waals surface area contributed by atoms with E-state index in [9.17, 15) is 14.4 Å². The Balaban J connectivity index is 0.00000300. The maximum atomic E-state index is 12.7. The number of amides is 3. The van der Waals surface area contributed by atoms with Crippen LogP contribution in [0.25, 0.3) is 0 Å². The van der Waals surface area contributed by atoms with Gasteiger partial charge in [-0.2, -0.15) is 0 Å². The minimum Gasteiger partial charge on any atom is -0.351 e. The molecule has 0 bridgehead atoms. The van der Waals surface area contributed by atoms with E-state index in [0.717, 1.165) is 37.6 Å². The topological polar surface area (TPSA) is 81.8 Å². The highest BCUT2D eigenvalue weighted by atomic mass is 35.5. The van der Waals surface area contributed by atoms with Gasteiger partial charge in [-0.1, -0.05) is 12.1 Å². The van der Waals surface area contributed by atoms with Crippen LogP contribution >= 0.6 is 24.2 Å². The van der Waals surface area contributed by atoms with Crippen LogP contribution in [0.5, 0.6) is 0 Å². The molecular formula is C20H29ClN4O3S. The standard InChI is InChI=1S/C20H28N4O3S.ClH/c1-14(2)24-18(25)13-17(20(24)27)28-16-6-4-3-5-15(16)19(26)22-9-12-23-10-7-21-8-11-23;/h3-6,14,17,21H,7-13H2,1-2H3,(H,22,26);1H. The Bertz CT molecular complexity index is 740. The van der Waals surface area contributed by atoms with Gasteiger partial charge in [0.05, 0.1) is 10.8 Å². The van der Waals surface area contributed by atoms with Crippen LogP contribution in [0.15, 0.2) is 29.2 Å². The number of carbonyl (C=O) groups excluding carboxylic acids is 3. The van der Waals surface area contributed by atoms with Gasteiger partial charge in [0.1, 0.15) is 0 Å². The van der Waals surface area contributed by atoms with E-state index in [2.05, 4.69) is 15.5 Å². The minimum atomic E-state index is -0.468. The fourth-order valence-corrected chi connectivity index (χ4v) is 4.72. The summed E-state index contributed by atoms with van der Waals surface area (Å²) < 4.78 is 0. The number of likely N-dealkylation sites (tertiary alicyclic amines) is 1. The van der Waals surface area contributed by atoms with E-state index in [1.165, 1.54) is 16.7 Å². The van der Waals surface area contributed by atoms with Gasteiger partial charge in [-0.25, -0.2) is 0 Å². The molecule has 1 aromatic rings. The summed E-state index contributed by atoms with van der Waals surface area (Å²) in [6, 6.07) is 7.13. The van der Waals surface area contributed by atoms with Gasteiger partial charge >= 0.3 is 0 Å². The number of hydrogen-bond donors (Lipinski definition) is 2. The van der Waals surface area contributed by atoms with Crippen molar-refractivity contribution in [2.45, 2.75) is 36.5 Å². The summed E-state index contributed by atoms with van der Waals surface area (Å²) in [6.07, 6.45) is 0.181. The fourth-order valence-electron chi connectivity index (χ4n) is 3.52. The maximum Gasteiger partial charge on any atom is 0.252 e. The molecule has 9 heteroatoms. The number of rotatable bonds is 7. The molecule has 7 nitrogen and oxygen atoms in total. The molecule has 1 atom stereocenters. The zero-order valence-electron chi connectivity index (χ0n) is 16.8. The number of imide groups is 1. The zero-order chi connectivity index (χ0) is 20.1. The van der Waals surface area contributed by atoms with Crippen molar-refractivity contribution < 1.29 is 14.4 Å². The van der Waals surface area contributed by atoms with Gasteiger partial charge in [0.15, 0.2) is 0 Å². The molecule has 160 valence electrons. The molecule has 3 amide bonds. The molecule has 0 saturated carbocycles. The molecule has 2 heterocycles. The van der Waals surface area contributed by atoms with Crippen LogP contribution in [0.3, 0.4) is 0 Å². The highest BCUT2D eigenvalue weighted by molar-refractivity contribution is 8.00. The van der Waals surface area contributed by atoms with Crippen LogP contribution < -0.4 is 10.6 Å². The highest BCUT2D eigenvalue weighted by Crippen LogP contribution is 2.34. The van der Waals surface area contributed by atoms with Crippen LogP contribution in [-0.2, 0) is 9.59 Å². The molecule has 0 spiro atoms. The summed E-state index contributed by atoms with van der Waals surface area (Å²) in [5.74, 6) is -0.454. The van der Waals surface area contributed by atoms with Crippen LogP contribution in [0.4, 0.5) is 0 Å². The predicted molar refractivity (Wildman–Crippen MR) is 117 cm³/mol. The first-order chi connectivity index (χ1) is 13.5. The van der Waals surface area contributed by atoms with Crippen LogP contribution in [-0.4, -0.2) is 78.1 Å². The van der Waals surface area contributed by atoms with Crippen molar-refractivity contribution in [3.8, 4) is 0 Å². The summed E-state index contributed by atoms with van der Waals surface area (Å²) in [7, 11) is 0. The normalized spacial score (nSPS) is 20.1. The lowest BCUT2D eigenvalue weighted by Crippen LogP contribution is -2.46. The Morgan fingerprint density at radius 3 is 2.59 bits per heavy atom. The van der Waals surface area contributed by atoms with E-state index >= 15 is 0 Å². The molecule has 0 aromatic heterocycles. The summed E-state index contributed by atoms with van der Waals surface area (Å²) >= 11 is 1.31. The summed E-state index contributed by atoms with van der Waals surface area (Å²) in [4.78, 5) is 41.8. The number of hydrogen-bond acceptors (Lipinski definition) is 6. The Morgan fingerprint density at radius 1 is 1.24 bits per heavy atom. The van der Waals surface area contributed by atoms with Crippen LogP contribution in [0.1, 0.15) is 30.6 Å². The predicted octanol–water partition coefficient (Wildman–Crippen LogP) is 1.37. The molecule has 1 unspecified atom stereocenters. The third-order valence-corrected chi connectivity index (χ3v) is 6.24. The van der Waals surface area contributed by atoms with Gasteiger partial charge in [-0.05, 0) is 26.0 Å². The summed E-state index contributed by atoms with van der Waals surface area (Å²) in [6.45, 7) is 9.02. The van der Waals surface area contributed by atoms with Gasteiger partial charge < -0.3 is 10.6 Å². The quantitative estimate of drug-likeness (QED) is 0.623. The molecule has 2 fully saturated rings. The number of benzene rings is 1. The Labute approximate surface area is 182 Å². The molecule has 29 heavy (non-hydrogen) atoms. The van der Waals surface area contributed by atoms with Crippen molar-refractivity contribution in [2.75, 3.05) is 39.3 Å². The van der Waals surface area contributed by atoms with E-state index in [1.807, 2.05) is 32.0 Å². The Hall–Kier alpha value is -1.61. The van der Waals surface area contributed by atoms with Crippen molar-refractivity contribution in [1.29, 1.82) is 0 Å². The average Bonchev–Trinajstić information content (AvgIpc) is 2.96. The van der Waals surface area contributed by atoms with Gasteiger partial charge in [-0.15, -0.1) is 24.2 Å². The number of thioether (sulfide) groups is 1. The van der Waals surface area contributed by atoms with Gasteiger partial charge in [0.2, 0.25) is 11.8 Å². The first-order valence-electron chi connectivity index (χ1n) is 9.80. The monoisotopic (exact) mass is 440 g/mol. The minimum absolute atomic E-state index is 0. The fraction of sp³-hybridized carbons (Fsp3) is 0.550. The largest absolute Gasteiger partial charge is 0.351 e. The third-order valence-electron chi connectivity index (χ3n) is 4.98. The van der Waals surface area contributed by atoms with Crippen molar-refractivity contribution in [3.63, 3.8) is 0 Å². The summed E-state index contributed by atoms with van der Waals surface area (Å²) in [5, 5.41) is 5.83. The van der Waals surface area contributed by atoms with E-state index < -0.39 is 5.25 Å². The Kier molecular flexibility index (Phi) is 8.95. The molecule has 2 aliphatic rings. The molecule has 1 aromatic carbocycles. The second kappa shape index (κ2) is 11.0. The van der Waals surface area contributed by atoms with Crippen molar-refractivity contribution >= 4 is 41.9 Å². The van der Waals surface area contributed by atoms with Crippen molar-refractivity contribution in [2.24, 2.45) is 0 Å². The molecule has 2 saturated heterocycles. The lowest BCUT2D eigenvalue weighted by Gasteiger charge is -2.27. The van der Waals surface area contributed by atoms with E-state index in [1.54, 1.807) is 6.07 Å². The maximum absolute atomic E-state index is 12.7. The first kappa shape index (κ1) is 23.7. The molecule has 0 aliphatic carbocycles. The van der Waals surface area contributed by atoms with Crippen molar-refractivity contribution in [3.05, 3.63) is 29.8 Å². The van der Waals surface area contributed by atoms with Gasteiger partial charge in [0.25, 0.3) is 5.91 Å². The molecular weight excluding hydrogens is 412 g/mol. The number of piperazine rings is 1. The molecule has 2 aliphatic heterocycles. The number of halogens is 1. The van der Waals surface area contributed by atoms with E-state index in [-0.39, 0.29) is 42.6 Å². The molecule has 3 rings (SSSR count). The number of nitrogens with zero attached hydrogens (tertiary/aromatic N) is 2. The first-order valence-corrected chi connectivity index (χ1v) is 10.7. The average molecular weight is 441 g/mol. The number of nitrogens with one attached hydrogen (secondary N) is 2. The Morgan fingerprint density at radius 2 is 1.93 bits per heavy atom. The zero-order valence-corrected chi connectivity index (χ0v) is 18.5. The van der Waals surface area contributed by atoms with Crippen LogP contribution in [0.2, 0.25) is 0 Å². The smallest absolute Gasteiger partial charge is 0.252 e. The lowest BCUT2D eigenvalue weighted by molar-refractivity contribution is -0.140. The second-order valence-corrected chi connectivity index (χ2v) is 8.59. The van der Waals surface area contributed by atoms with Crippen LogP contribution in [0, 0.1) is 0 Å². The van der Waals surface area contributed by atoms with Gasteiger partial charge in [0, 0.05) is 56.6 Å². The second-order valence-electron chi connectivity index (χ2n) is 7.35. The SMILES string of the molecule is CC(C)N1C(=O)CC(Sc2ccccc2C(=O)NCCN2CCNCC2)C1=O.Cl. The van der Waals surface area contributed by atoms with Crippen molar-refractivity contribution in [1.82, 2.24) is 20.4 Å².